The van der Waals surface area contributed by atoms with Gasteiger partial charge >= 0.3 is 0 Å². The topological polar surface area (TPSA) is 66.5 Å². The van der Waals surface area contributed by atoms with E-state index < -0.39 is 16.1 Å². The zero-order valence-corrected chi connectivity index (χ0v) is 19.3. The lowest BCUT2D eigenvalue weighted by Crippen LogP contribution is -2.47. The number of hydrogen-bond donors (Lipinski definition) is 1. The van der Waals surface area contributed by atoms with Gasteiger partial charge in [-0.15, -0.1) is 0 Å². The molecule has 1 N–H and O–H groups in total. The molecule has 1 amide bonds. The van der Waals surface area contributed by atoms with Crippen LogP contribution in [0.5, 0.6) is 0 Å². The molecule has 0 saturated heterocycles. The number of amides is 1. The number of hydrogen-bond acceptors (Lipinski definition) is 3. The van der Waals surface area contributed by atoms with Crippen molar-refractivity contribution in [3.05, 3.63) is 71.8 Å². The van der Waals surface area contributed by atoms with E-state index in [4.69, 9.17) is 0 Å². The third-order valence-corrected chi connectivity index (χ3v) is 7.91. The van der Waals surface area contributed by atoms with Crippen molar-refractivity contribution in [1.29, 1.82) is 0 Å². The number of carbonyl (C=O) groups is 1. The summed E-state index contributed by atoms with van der Waals surface area (Å²) >= 11 is 0. The van der Waals surface area contributed by atoms with Gasteiger partial charge in [0.25, 0.3) is 10.0 Å². The lowest BCUT2D eigenvalue weighted by molar-refractivity contribution is -0.122. The highest BCUT2D eigenvalue weighted by molar-refractivity contribution is 7.93. The van der Waals surface area contributed by atoms with Crippen LogP contribution in [0.25, 0.3) is 10.8 Å². The number of benzene rings is 3. The molecule has 0 aromatic heterocycles. The molecule has 0 bridgehead atoms. The minimum Gasteiger partial charge on any atom is -0.348 e. The van der Waals surface area contributed by atoms with Crippen molar-refractivity contribution >= 4 is 32.4 Å². The number of nitrogens with zero attached hydrogens (tertiary/aromatic N) is 1. The van der Waals surface area contributed by atoms with Crippen molar-refractivity contribution in [3.63, 3.8) is 0 Å². The Hall–Kier alpha value is -2.86. The van der Waals surface area contributed by atoms with E-state index in [1.165, 1.54) is 9.87 Å². The minimum atomic E-state index is -3.79. The molecule has 3 aromatic carbocycles. The second kappa shape index (κ2) is 7.38. The number of anilines is 1. The Balaban J connectivity index is 1.58. The molecule has 31 heavy (non-hydrogen) atoms. The van der Waals surface area contributed by atoms with Crippen LogP contribution in [0.2, 0.25) is 0 Å². The molecule has 5 nitrogen and oxygen atoms in total. The van der Waals surface area contributed by atoms with Crippen LogP contribution in [-0.4, -0.2) is 20.4 Å². The molecule has 1 aliphatic heterocycles. The second-order valence-electron chi connectivity index (χ2n) is 9.21. The third kappa shape index (κ3) is 3.59. The quantitative estimate of drug-likeness (QED) is 0.632. The van der Waals surface area contributed by atoms with E-state index in [0.717, 1.165) is 10.9 Å². The predicted octanol–water partition coefficient (Wildman–Crippen LogP) is 4.91. The van der Waals surface area contributed by atoms with E-state index in [9.17, 15) is 13.2 Å². The molecule has 1 heterocycles. The molecule has 1 aliphatic rings. The van der Waals surface area contributed by atoms with Gasteiger partial charge in [0.2, 0.25) is 5.91 Å². The standard InChI is InChI=1S/C25H28N2O3S/c1-16(18-12-14-20(15-13-18)25(3,4)5)26-24(28)17(2)27-21-10-6-8-19-9-7-11-22(23(19)21)31(27,29)30/h6-17H,1-5H3,(H,26,28)/t16-,17+/m0/s1. The molecule has 0 fully saturated rings. The average molecular weight is 437 g/mol. The number of nitrogens with one attached hydrogen (secondary N) is 1. The van der Waals surface area contributed by atoms with Crippen LogP contribution in [0.4, 0.5) is 5.69 Å². The average Bonchev–Trinajstić information content (AvgIpc) is 2.95. The Morgan fingerprint density at radius 1 is 0.935 bits per heavy atom. The first-order valence-electron chi connectivity index (χ1n) is 10.5. The van der Waals surface area contributed by atoms with E-state index in [1.54, 1.807) is 25.1 Å². The molecule has 0 aliphatic carbocycles. The Labute approximate surface area is 184 Å². The summed E-state index contributed by atoms with van der Waals surface area (Å²) in [5, 5.41) is 4.51. The van der Waals surface area contributed by atoms with Crippen LogP contribution in [0, 0.1) is 0 Å². The largest absolute Gasteiger partial charge is 0.348 e. The lowest BCUT2D eigenvalue weighted by atomic mass is 9.86. The molecule has 162 valence electrons. The van der Waals surface area contributed by atoms with Gasteiger partial charge in [0.15, 0.2) is 0 Å². The van der Waals surface area contributed by atoms with E-state index in [0.29, 0.717) is 11.1 Å². The Morgan fingerprint density at radius 3 is 2.16 bits per heavy atom. The molecule has 0 spiro atoms. The van der Waals surface area contributed by atoms with Crippen LogP contribution in [0.3, 0.4) is 0 Å². The minimum absolute atomic E-state index is 0.0552. The zero-order chi connectivity index (χ0) is 22.6. The molecule has 4 rings (SSSR count). The summed E-state index contributed by atoms with van der Waals surface area (Å²) in [5.74, 6) is -0.333. The van der Waals surface area contributed by atoms with Gasteiger partial charge in [-0.25, -0.2) is 8.42 Å². The second-order valence-corrected chi connectivity index (χ2v) is 11.0. The fraction of sp³-hybridized carbons (Fsp3) is 0.320. The van der Waals surface area contributed by atoms with Gasteiger partial charge < -0.3 is 5.32 Å². The molecule has 0 radical (unpaired) electrons. The van der Waals surface area contributed by atoms with E-state index in [2.05, 4.69) is 38.2 Å². The maximum atomic E-state index is 13.2. The van der Waals surface area contributed by atoms with Gasteiger partial charge in [-0.3, -0.25) is 9.10 Å². The zero-order valence-electron chi connectivity index (χ0n) is 18.5. The first kappa shape index (κ1) is 21.4. The van der Waals surface area contributed by atoms with Gasteiger partial charge in [-0.05, 0) is 47.9 Å². The smallest absolute Gasteiger partial charge is 0.265 e. The molecule has 6 heteroatoms. The fourth-order valence-corrected chi connectivity index (χ4v) is 6.00. The van der Waals surface area contributed by atoms with E-state index in [1.807, 2.05) is 37.3 Å². The first-order valence-corrected chi connectivity index (χ1v) is 11.9. The highest BCUT2D eigenvalue weighted by Crippen LogP contribution is 2.43. The summed E-state index contributed by atoms with van der Waals surface area (Å²) in [6, 6.07) is 17.7. The monoisotopic (exact) mass is 436 g/mol. The van der Waals surface area contributed by atoms with Crippen LogP contribution >= 0.6 is 0 Å². The number of sulfonamides is 1. The Kier molecular flexibility index (Phi) is 5.09. The third-order valence-electron chi connectivity index (χ3n) is 5.99. The Morgan fingerprint density at radius 2 is 1.55 bits per heavy atom. The van der Waals surface area contributed by atoms with Crippen molar-refractivity contribution < 1.29 is 13.2 Å². The SMILES string of the molecule is C[C@H](NC(=O)[C@@H](C)N1c2cccc3cccc(c23)S1(=O)=O)c1ccc(C(C)(C)C)cc1. The number of rotatable bonds is 4. The van der Waals surface area contributed by atoms with Crippen molar-refractivity contribution in [2.45, 2.75) is 57.0 Å². The highest BCUT2D eigenvalue weighted by atomic mass is 32.2. The molecule has 3 aromatic rings. The van der Waals surface area contributed by atoms with Crippen LogP contribution < -0.4 is 9.62 Å². The fourth-order valence-electron chi connectivity index (χ4n) is 4.13. The van der Waals surface area contributed by atoms with Crippen LogP contribution in [0.1, 0.15) is 51.8 Å². The van der Waals surface area contributed by atoms with Crippen molar-refractivity contribution in [2.24, 2.45) is 0 Å². The molecule has 0 saturated carbocycles. The van der Waals surface area contributed by atoms with Gasteiger partial charge in [-0.1, -0.05) is 69.3 Å². The summed E-state index contributed by atoms with van der Waals surface area (Å²) in [7, 11) is -3.79. The van der Waals surface area contributed by atoms with E-state index in [-0.39, 0.29) is 22.3 Å². The van der Waals surface area contributed by atoms with Gasteiger partial charge in [0.05, 0.1) is 16.6 Å². The van der Waals surface area contributed by atoms with Crippen molar-refractivity contribution in [3.8, 4) is 0 Å². The van der Waals surface area contributed by atoms with E-state index >= 15 is 0 Å². The summed E-state index contributed by atoms with van der Waals surface area (Å²) in [6.45, 7) is 10.0. The predicted molar refractivity (Wildman–Crippen MR) is 125 cm³/mol. The van der Waals surface area contributed by atoms with Crippen LogP contribution in [-0.2, 0) is 20.2 Å². The van der Waals surface area contributed by atoms with Gasteiger partial charge in [0, 0.05) is 5.39 Å². The summed E-state index contributed by atoms with van der Waals surface area (Å²) in [5.41, 5.74) is 2.80. The summed E-state index contributed by atoms with van der Waals surface area (Å²) in [6.07, 6.45) is 0. The molecule has 2 atom stereocenters. The van der Waals surface area contributed by atoms with Gasteiger partial charge in [0.1, 0.15) is 6.04 Å². The normalized spacial score (nSPS) is 16.9. The number of carbonyl (C=O) groups excluding carboxylic acids is 1. The molecule has 0 unspecified atom stereocenters. The Bertz CT molecular complexity index is 1250. The van der Waals surface area contributed by atoms with Gasteiger partial charge in [-0.2, -0.15) is 0 Å². The summed E-state index contributed by atoms with van der Waals surface area (Å²) < 4.78 is 27.7. The molecular weight excluding hydrogens is 408 g/mol. The molecular formula is C25H28N2O3S. The van der Waals surface area contributed by atoms with Crippen LogP contribution in [0.15, 0.2) is 65.6 Å². The first-order chi connectivity index (χ1) is 14.5. The summed E-state index contributed by atoms with van der Waals surface area (Å²) in [4.78, 5) is 13.3. The maximum absolute atomic E-state index is 13.2. The van der Waals surface area contributed by atoms with Crippen molar-refractivity contribution in [2.75, 3.05) is 4.31 Å². The van der Waals surface area contributed by atoms with Crippen molar-refractivity contribution in [1.82, 2.24) is 5.32 Å². The highest BCUT2D eigenvalue weighted by Gasteiger charge is 2.41. The maximum Gasteiger partial charge on any atom is 0.265 e. The lowest BCUT2D eigenvalue weighted by Gasteiger charge is -2.27.